The van der Waals surface area contributed by atoms with Gasteiger partial charge in [0.25, 0.3) is 0 Å². The van der Waals surface area contributed by atoms with Crippen LogP contribution in [0.4, 0.5) is 0 Å². The Kier molecular flexibility index (Phi) is 4.93. The maximum absolute atomic E-state index is 12.6. The monoisotopic (exact) mass is 308 g/mol. The van der Waals surface area contributed by atoms with E-state index in [0.717, 1.165) is 19.5 Å². The van der Waals surface area contributed by atoms with Crippen LogP contribution in [0.1, 0.15) is 26.0 Å². The molecule has 1 unspecified atom stereocenters. The Morgan fingerprint density at radius 3 is 2.62 bits per heavy atom. The third-order valence-corrected chi connectivity index (χ3v) is 5.91. The highest BCUT2D eigenvalue weighted by atomic mass is 32.2. The molecule has 1 atom stereocenters. The number of hydrogen-bond acceptors (Lipinski definition) is 5. The fourth-order valence-electron chi connectivity index (χ4n) is 2.46. The van der Waals surface area contributed by atoms with E-state index in [1.54, 1.807) is 6.07 Å². The molecule has 6 nitrogen and oxygen atoms in total. The molecule has 21 heavy (non-hydrogen) atoms. The van der Waals surface area contributed by atoms with E-state index in [1.165, 1.54) is 16.6 Å². The molecule has 2 heterocycles. The van der Waals surface area contributed by atoms with Gasteiger partial charge in [0.2, 0.25) is 10.0 Å². The molecule has 7 heteroatoms. The molecule has 0 aromatic carbocycles. The van der Waals surface area contributed by atoms with E-state index in [1.807, 2.05) is 6.07 Å². The van der Waals surface area contributed by atoms with E-state index < -0.39 is 10.0 Å². The van der Waals surface area contributed by atoms with Crippen LogP contribution in [0.3, 0.4) is 0 Å². The summed E-state index contributed by atoms with van der Waals surface area (Å²) in [6.45, 7) is 6.62. The smallest absolute Gasteiger partial charge is 0.246 e. The summed E-state index contributed by atoms with van der Waals surface area (Å²) in [5.41, 5.74) is -0.0399. The maximum atomic E-state index is 12.6. The molecule has 1 saturated heterocycles. The molecule has 114 valence electrons. The fourth-order valence-corrected chi connectivity index (χ4v) is 3.98. The second-order valence-electron chi connectivity index (χ2n) is 5.16. The van der Waals surface area contributed by atoms with Crippen molar-refractivity contribution >= 4 is 10.0 Å². The number of hydrogen-bond donors (Lipinski definition) is 0. The molecular weight excluding hydrogens is 288 g/mol. The number of rotatable bonds is 4. The van der Waals surface area contributed by atoms with Crippen LogP contribution in [-0.2, 0) is 10.0 Å². The quantitative estimate of drug-likeness (QED) is 0.831. The van der Waals surface area contributed by atoms with Gasteiger partial charge in [-0.25, -0.2) is 13.4 Å². The third kappa shape index (κ3) is 3.23. The summed E-state index contributed by atoms with van der Waals surface area (Å²) < 4.78 is 26.7. The Hall–Kier alpha value is -1.49. The Labute approximate surface area is 126 Å². The molecule has 0 N–H and O–H groups in total. The van der Waals surface area contributed by atoms with Crippen molar-refractivity contribution < 1.29 is 8.42 Å². The molecule has 1 fully saturated rings. The van der Waals surface area contributed by atoms with Crippen LogP contribution >= 0.6 is 0 Å². The SMILES string of the molecule is CCC(C)N1CCN(S(=O)(=O)c2cccnc2C#N)CC1. The van der Waals surface area contributed by atoms with Crippen molar-refractivity contribution in [3.8, 4) is 6.07 Å². The molecule has 1 aromatic heterocycles. The van der Waals surface area contributed by atoms with Crippen molar-refractivity contribution in [1.82, 2.24) is 14.2 Å². The Balaban J connectivity index is 2.18. The zero-order valence-corrected chi connectivity index (χ0v) is 13.2. The first kappa shape index (κ1) is 15.9. The van der Waals surface area contributed by atoms with E-state index in [0.29, 0.717) is 19.1 Å². The van der Waals surface area contributed by atoms with E-state index in [2.05, 4.69) is 23.7 Å². The topological polar surface area (TPSA) is 77.3 Å². The number of nitriles is 1. The van der Waals surface area contributed by atoms with E-state index in [-0.39, 0.29) is 10.6 Å². The van der Waals surface area contributed by atoms with Gasteiger partial charge in [-0.2, -0.15) is 9.57 Å². The van der Waals surface area contributed by atoms with Crippen LogP contribution in [0.15, 0.2) is 23.2 Å². The van der Waals surface area contributed by atoms with Crippen molar-refractivity contribution in [2.24, 2.45) is 0 Å². The van der Waals surface area contributed by atoms with Gasteiger partial charge in [-0.1, -0.05) is 6.92 Å². The lowest BCUT2D eigenvalue weighted by Gasteiger charge is -2.37. The fraction of sp³-hybridized carbons (Fsp3) is 0.571. The van der Waals surface area contributed by atoms with Crippen LogP contribution < -0.4 is 0 Å². The first-order valence-electron chi connectivity index (χ1n) is 7.10. The first-order valence-corrected chi connectivity index (χ1v) is 8.54. The van der Waals surface area contributed by atoms with Gasteiger partial charge < -0.3 is 0 Å². The van der Waals surface area contributed by atoms with Crippen molar-refractivity contribution in [3.05, 3.63) is 24.0 Å². The lowest BCUT2D eigenvalue weighted by molar-refractivity contribution is 0.142. The average Bonchev–Trinajstić information content (AvgIpc) is 2.54. The zero-order chi connectivity index (χ0) is 15.5. The molecule has 0 saturated carbocycles. The van der Waals surface area contributed by atoms with Crippen molar-refractivity contribution in [2.75, 3.05) is 26.2 Å². The molecular formula is C14H20N4O2S. The van der Waals surface area contributed by atoms with Crippen molar-refractivity contribution in [2.45, 2.75) is 31.2 Å². The van der Waals surface area contributed by atoms with Gasteiger partial charge in [0.1, 0.15) is 11.0 Å². The zero-order valence-electron chi connectivity index (χ0n) is 12.4. The highest BCUT2D eigenvalue weighted by Gasteiger charge is 2.31. The second kappa shape index (κ2) is 6.52. The predicted octanol–water partition coefficient (Wildman–Crippen LogP) is 1.06. The van der Waals surface area contributed by atoms with Crippen LogP contribution in [0.2, 0.25) is 0 Å². The molecule has 0 aliphatic carbocycles. The second-order valence-corrected chi connectivity index (χ2v) is 7.07. The molecule has 2 rings (SSSR count). The van der Waals surface area contributed by atoms with Gasteiger partial charge in [-0.3, -0.25) is 4.90 Å². The van der Waals surface area contributed by atoms with Crippen LogP contribution in [0, 0.1) is 11.3 Å². The number of pyridine rings is 1. The summed E-state index contributed by atoms with van der Waals surface area (Å²) in [5.74, 6) is 0. The van der Waals surface area contributed by atoms with Crippen LogP contribution in [-0.4, -0.2) is 54.8 Å². The molecule has 0 amide bonds. The Morgan fingerprint density at radius 1 is 1.38 bits per heavy atom. The van der Waals surface area contributed by atoms with Crippen LogP contribution in [0.25, 0.3) is 0 Å². The van der Waals surface area contributed by atoms with Gasteiger partial charge in [0, 0.05) is 38.4 Å². The van der Waals surface area contributed by atoms with Gasteiger partial charge >= 0.3 is 0 Å². The largest absolute Gasteiger partial charge is 0.298 e. The van der Waals surface area contributed by atoms with E-state index in [4.69, 9.17) is 5.26 Å². The summed E-state index contributed by atoms with van der Waals surface area (Å²) in [5, 5.41) is 9.02. The normalized spacial score (nSPS) is 19.1. The van der Waals surface area contributed by atoms with Crippen molar-refractivity contribution in [3.63, 3.8) is 0 Å². The first-order chi connectivity index (χ1) is 10.0. The average molecular weight is 308 g/mol. The number of nitrogens with zero attached hydrogens (tertiary/aromatic N) is 4. The molecule has 1 aliphatic heterocycles. The number of sulfonamides is 1. The standard InChI is InChI=1S/C14H20N4O2S/c1-3-12(2)17-7-9-18(10-8-17)21(19,20)14-5-4-6-16-13(14)11-15/h4-6,12H,3,7-10H2,1-2H3. The van der Waals surface area contributed by atoms with Gasteiger partial charge in [0.05, 0.1) is 0 Å². The molecule has 1 aliphatic rings. The number of piperazine rings is 1. The minimum atomic E-state index is -3.64. The summed E-state index contributed by atoms with van der Waals surface area (Å²) >= 11 is 0. The van der Waals surface area contributed by atoms with Crippen LogP contribution in [0.5, 0.6) is 0 Å². The van der Waals surface area contributed by atoms with Gasteiger partial charge in [0.15, 0.2) is 5.69 Å². The predicted molar refractivity (Wildman–Crippen MR) is 79.0 cm³/mol. The number of aromatic nitrogens is 1. The van der Waals surface area contributed by atoms with E-state index in [9.17, 15) is 8.42 Å². The van der Waals surface area contributed by atoms with Gasteiger partial charge in [-0.05, 0) is 25.5 Å². The minimum Gasteiger partial charge on any atom is -0.298 e. The summed E-state index contributed by atoms with van der Waals surface area (Å²) in [7, 11) is -3.64. The maximum Gasteiger partial charge on any atom is 0.246 e. The highest BCUT2D eigenvalue weighted by Crippen LogP contribution is 2.20. The third-order valence-electron chi connectivity index (χ3n) is 3.98. The molecule has 0 bridgehead atoms. The lowest BCUT2D eigenvalue weighted by atomic mass is 10.2. The Bertz CT molecular complexity index is 631. The summed E-state index contributed by atoms with van der Waals surface area (Å²) in [6.07, 6.45) is 2.48. The lowest BCUT2D eigenvalue weighted by Crippen LogP contribution is -2.51. The molecule has 1 aromatic rings. The summed E-state index contributed by atoms with van der Waals surface area (Å²) in [6, 6.07) is 5.30. The highest BCUT2D eigenvalue weighted by molar-refractivity contribution is 7.89. The Morgan fingerprint density at radius 2 is 2.05 bits per heavy atom. The molecule has 0 radical (unpaired) electrons. The van der Waals surface area contributed by atoms with Crippen molar-refractivity contribution in [1.29, 1.82) is 5.26 Å². The summed E-state index contributed by atoms with van der Waals surface area (Å²) in [4.78, 5) is 6.13. The van der Waals surface area contributed by atoms with E-state index >= 15 is 0 Å². The van der Waals surface area contributed by atoms with Gasteiger partial charge in [-0.15, -0.1) is 0 Å². The minimum absolute atomic E-state index is 0.00416. The molecule has 0 spiro atoms.